The number of rotatable bonds is 5. The van der Waals surface area contributed by atoms with Gasteiger partial charge < -0.3 is 15.1 Å². The van der Waals surface area contributed by atoms with Gasteiger partial charge in [0.2, 0.25) is 11.8 Å². The van der Waals surface area contributed by atoms with Crippen LogP contribution in [0.25, 0.3) is 0 Å². The highest BCUT2D eigenvalue weighted by Crippen LogP contribution is 2.35. The van der Waals surface area contributed by atoms with Gasteiger partial charge >= 0.3 is 0 Å². The first-order valence-electron chi connectivity index (χ1n) is 6.76. The van der Waals surface area contributed by atoms with Crippen molar-refractivity contribution >= 4 is 11.8 Å². The zero-order valence-corrected chi connectivity index (χ0v) is 11.5. The molecule has 2 rings (SSSR count). The summed E-state index contributed by atoms with van der Waals surface area (Å²) in [6.45, 7) is 3.42. The second kappa shape index (κ2) is 5.26. The third-order valence-corrected chi connectivity index (χ3v) is 3.79. The number of nitrogens with one attached hydrogen (secondary N) is 1. The fourth-order valence-corrected chi connectivity index (χ4v) is 2.46. The smallest absolute Gasteiger partial charge is 0.246 e. The molecule has 1 saturated heterocycles. The molecule has 2 unspecified atom stereocenters. The summed E-state index contributed by atoms with van der Waals surface area (Å²) in [5.41, 5.74) is 0. The minimum absolute atomic E-state index is 0.00338. The fourth-order valence-electron chi connectivity index (χ4n) is 2.46. The van der Waals surface area contributed by atoms with Gasteiger partial charge in [0.15, 0.2) is 0 Å². The molecular weight excluding hydrogens is 230 g/mol. The third-order valence-electron chi connectivity index (χ3n) is 3.79. The molecule has 1 heterocycles. The molecule has 5 heteroatoms. The number of amides is 2. The number of hydrogen-bond donors (Lipinski definition) is 1. The van der Waals surface area contributed by atoms with Crippen molar-refractivity contribution < 1.29 is 9.59 Å². The van der Waals surface area contributed by atoms with E-state index in [-0.39, 0.29) is 23.9 Å². The minimum Gasteiger partial charge on any atom is -0.342 e. The van der Waals surface area contributed by atoms with E-state index >= 15 is 0 Å². The molecule has 18 heavy (non-hydrogen) atoms. The fraction of sp³-hybridized carbons (Fsp3) is 0.846. The summed E-state index contributed by atoms with van der Waals surface area (Å²) < 4.78 is 0. The largest absolute Gasteiger partial charge is 0.342 e. The summed E-state index contributed by atoms with van der Waals surface area (Å²) in [6.07, 6.45) is 3.04. The summed E-state index contributed by atoms with van der Waals surface area (Å²) >= 11 is 0. The van der Waals surface area contributed by atoms with E-state index < -0.39 is 0 Å². The molecule has 0 radical (unpaired) electrons. The quantitative estimate of drug-likeness (QED) is 0.754. The Morgan fingerprint density at radius 1 is 1.33 bits per heavy atom. The van der Waals surface area contributed by atoms with Crippen molar-refractivity contribution in [2.75, 3.05) is 27.2 Å². The summed E-state index contributed by atoms with van der Waals surface area (Å²) in [6, 6.07) is -0.581. The number of piperazine rings is 1. The Kier molecular flexibility index (Phi) is 3.90. The van der Waals surface area contributed by atoms with Crippen LogP contribution in [0.4, 0.5) is 0 Å². The number of nitrogens with zero attached hydrogens (tertiary/aromatic N) is 2. The van der Waals surface area contributed by atoms with Crippen LogP contribution in [0.3, 0.4) is 0 Å². The van der Waals surface area contributed by atoms with Crippen LogP contribution < -0.4 is 5.32 Å². The minimum atomic E-state index is -0.324. The Labute approximate surface area is 108 Å². The van der Waals surface area contributed by atoms with Crippen LogP contribution in [0, 0.1) is 5.92 Å². The molecule has 2 atom stereocenters. The van der Waals surface area contributed by atoms with Crippen LogP contribution in [0.15, 0.2) is 0 Å². The Morgan fingerprint density at radius 2 is 2.00 bits per heavy atom. The Morgan fingerprint density at radius 3 is 2.56 bits per heavy atom. The van der Waals surface area contributed by atoms with Crippen LogP contribution in [0.1, 0.15) is 26.2 Å². The summed E-state index contributed by atoms with van der Waals surface area (Å²) in [7, 11) is 4.03. The first kappa shape index (κ1) is 13.3. The molecule has 5 nitrogen and oxygen atoms in total. The van der Waals surface area contributed by atoms with Gasteiger partial charge in [0.05, 0.1) is 0 Å². The van der Waals surface area contributed by atoms with Gasteiger partial charge in [-0.25, -0.2) is 0 Å². The Bertz CT molecular complexity index is 339. The molecule has 0 aromatic carbocycles. The van der Waals surface area contributed by atoms with Crippen molar-refractivity contribution in [1.29, 1.82) is 0 Å². The maximum Gasteiger partial charge on any atom is 0.246 e. The normalized spacial score (nSPS) is 28.8. The highest BCUT2D eigenvalue weighted by Gasteiger charge is 2.45. The summed E-state index contributed by atoms with van der Waals surface area (Å²) in [5.74, 6) is 0.491. The first-order valence-corrected chi connectivity index (χ1v) is 6.76. The Hall–Kier alpha value is -1.10. The van der Waals surface area contributed by atoms with Gasteiger partial charge in [0.25, 0.3) is 0 Å². The molecule has 2 aliphatic rings. The molecular formula is C13H23N3O2. The predicted molar refractivity (Wildman–Crippen MR) is 69.0 cm³/mol. The van der Waals surface area contributed by atoms with E-state index in [9.17, 15) is 9.59 Å². The molecule has 1 aliphatic heterocycles. The molecule has 102 valence electrons. The van der Waals surface area contributed by atoms with Gasteiger partial charge in [-0.05, 0) is 52.7 Å². The van der Waals surface area contributed by atoms with Crippen LogP contribution in [0.2, 0.25) is 0 Å². The van der Waals surface area contributed by atoms with Crippen molar-refractivity contribution in [2.24, 2.45) is 5.92 Å². The standard InChI is InChI=1S/C13H23N3O2/c1-9-12(17)14-11(10-5-6-10)13(18)16(9)8-4-7-15(2)3/h9-11H,4-8H2,1-3H3,(H,14,17). The maximum atomic E-state index is 12.3. The van der Waals surface area contributed by atoms with Crippen LogP contribution in [-0.4, -0.2) is 60.9 Å². The summed E-state index contributed by atoms with van der Waals surface area (Å²) in [5, 5.41) is 2.87. The second-order valence-corrected chi connectivity index (χ2v) is 5.69. The van der Waals surface area contributed by atoms with Crippen LogP contribution in [0.5, 0.6) is 0 Å². The van der Waals surface area contributed by atoms with Gasteiger partial charge in [0.1, 0.15) is 12.1 Å². The zero-order chi connectivity index (χ0) is 13.3. The van der Waals surface area contributed by atoms with Crippen molar-refractivity contribution in [2.45, 2.75) is 38.3 Å². The SMILES string of the molecule is CC1C(=O)NC(C2CC2)C(=O)N1CCCN(C)C. The van der Waals surface area contributed by atoms with E-state index in [4.69, 9.17) is 0 Å². The number of carbonyl (C=O) groups is 2. The second-order valence-electron chi connectivity index (χ2n) is 5.69. The van der Waals surface area contributed by atoms with Crippen molar-refractivity contribution in [3.05, 3.63) is 0 Å². The average Bonchev–Trinajstić information content (AvgIpc) is 3.12. The van der Waals surface area contributed by atoms with Crippen LogP contribution >= 0.6 is 0 Å². The highest BCUT2D eigenvalue weighted by molar-refractivity contribution is 5.97. The lowest BCUT2D eigenvalue weighted by Gasteiger charge is -2.37. The lowest BCUT2D eigenvalue weighted by atomic mass is 10.0. The monoisotopic (exact) mass is 253 g/mol. The average molecular weight is 253 g/mol. The van der Waals surface area contributed by atoms with E-state index in [1.165, 1.54) is 0 Å². The van der Waals surface area contributed by atoms with Gasteiger partial charge in [0, 0.05) is 6.54 Å². The molecule has 1 saturated carbocycles. The molecule has 2 amide bonds. The molecule has 0 aromatic rings. The molecule has 0 bridgehead atoms. The molecule has 2 fully saturated rings. The molecule has 0 aromatic heterocycles. The lowest BCUT2D eigenvalue weighted by molar-refractivity contribution is -0.149. The van der Waals surface area contributed by atoms with E-state index in [2.05, 4.69) is 10.2 Å². The van der Waals surface area contributed by atoms with Crippen LogP contribution in [-0.2, 0) is 9.59 Å². The van der Waals surface area contributed by atoms with Gasteiger partial charge in [-0.15, -0.1) is 0 Å². The van der Waals surface area contributed by atoms with Gasteiger partial charge in [-0.3, -0.25) is 9.59 Å². The molecule has 0 spiro atoms. The van der Waals surface area contributed by atoms with Crippen molar-refractivity contribution in [3.63, 3.8) is 0 Å². The highest BCUT2D eigenvalue weighted by atomic mass is 16.2. The van der Waals surface area contributed by atoms with E-state index in [1.807, 2.05) is 21.0 Å². The summed E-state index contributed by atoms with van der Waals surface area (Å²) in [4.78, 5) is 28.1. The number of carbonyl (C=O) groups excluding carboxylic acids is 2. The van der Waals surface area contributed by atoms with Gasteiger partial charge in [-0.1, -0.05) is 0 Å². The van der Waals surface area contributed by atoms with E-state index in [0.29, 0.717) is 12.5 Å². The molecule has 1 aliphatic carbocycles. The van der Waals surface area contributed by atoms with Crippen molar-refractivity contribution in [1.82, 2.24) is 15.1 Å². The first-order chi connectivity index (χ1) is 8.50. The number of hydrogen-bond acceptors (Lipinski definition) is 3. The predicted octanol–water partition coefficient (Wildman–Crippen LogP) is 0.0636. The van der Waals surface area contributed by atoms with E-state index in [1.54, 1.807) is 4.90 Å². The van der Waals surface area contributed by atoms with Gasteiger partial charge in [-0.2, -0.15) is 0 Å². The lowest BCUT2D eigenvalue weighted by Crippen LogP contribution is -2.63. The van der Waals surface area contributed by atoms with E-state index in [0.717, 1.165) is 25.8 Å². The third kappa shape index (κ3) is 2.83. The maximum absolute atomic E-state index is 12.3. The zero-order valence-electron chi connectivity index (χ0n) is 11.5. The van der Waals surface area contributed by atoms with Crippen molar-refractivity contribution in [3.8, 4) is 0 Å². The topological polar surface area (TPSA) is 52.7 Å². The molecule has 1 N–H and O–H groups in total. The Balaban J connectivity index is 1.96.